The van der Waals surface area contributed by atoms with E-state index in [1.807, 2.05) is 30.3 Å². The SMILES string of the molecule is CON(Cc1ccc(-c2noc(C(F)(F)F)n2)cc1)C(=O)C1(c2ccccc2)CC1. The van der Waals surface area contributed by atoms with Crippen LogP contribution in [0, 0.1) is 0 Å². The van der Waals surface area contributed by atoms with Crippen molar-refractivity contribution in [1.82, 2.24) is 15.2 Å². The highest BCUT2D eigenvalue weighted by Gasteiger charge is 2.53. The molecule has 1 saturated carbocycles. The third-order valence-electron chi connectivity index (χ3n) is 5.14. The van der Waals surface area contributed by atoms with Crippen molar-refractivity contribution in [3.63, 3.8) is 0 Å². The Balaban J connectivity index is 1.48. The quantitative estimate of drug-likeness (QED) is 0.557. The first kappa shape index (κ1) is 20.1. The summed E-state index contributed by atoms with van der Waals surface area (Å²) in [4.78, 5) is 21.8. The van der Waals surface area contributed by atoms with Gasteiger partial charge < -0.3 is 4.52 Å². The fourth-order valence-corrected chi connectivity index (χ4v) is 3.35. The van der Waals surface area contributed by atoms with Crippen LogP contribution in [-0.4, -0.2) is 28.2 Å². The molecule has 1 aliphatic rings. The summed E-state index contributed by atoms with van der Waals surface area (Å²) in [6.07, 6.45) is -3.18. The van der Waals surface area contributed by atoms with Crippen LogP contribution in [0.2, 0.25) is 0 Å². The number of amides is 1. The number of halogens is 3. The summed E-state index contributed by atoms with van der Waals surface area (Å²) in [6, 6.07) is 16.1. The zero-order valence-electron chi connectivity index (χ0n) is 16.0. The van der Waals surface area contributed by atoms with Crippen LogP contribution in [0.4, 0.5) is 13.2 Å². The average Bonchev–Trinajstić information content (AvgIpc) is 3.40. The topological polar surface area (TPSA) is 68.5 Å². The first-order chi connectivity index (χ1) is 14.3. The van der Waals surface area contributed by atoms with Crippen LogP contribution in [-0.2, 0) is 27.8 Å². The number of hydroxylamine groups is 2. The molecular weight excluding hydrogens is 399 g/mol. The summed E-state index contributed by atoms with van der Waals surface area (Å²) < 4.78 is 42.1. The second kappa shape index (κ2) is 7.56. The number of rotatable bonds is 6. The Morgan fingerprint density at radius 2 is 1.80 bits per heavy atom. The van der Waals surface area contributed by atoms with Gasteiger partial charge in [0.1, 0.15) is 0 Å². The molecule has 6 nitrogen and oxygen atoms in total. The van der Waals surface area contributed by atoms with E-state index < -0.39 is 17.5 Å². The van der Waals surface area contributed by atoms with Gasteiger partial charge in [0, 0.05) is 5.56 Å². The highest BCUT2D eigenvalue weighted by Crippen LogP contribution is 2.49. The Bertz CT molecular complexity index is 1030. The van der Waals surface area contributed by atoms with Crippen molar-refractivity contribution < 1.29 is 27.3 Å². The Morgan fingerprint density at radius 3 is 2.33 bits per heavy atom. The lowest BCUT2D eigenvalue weighted by Crippen LogP contribution is -2.38. The molecule has 1 aliphatic carbocycles. The fourth-order valence-electron chi connectivity index (χ4n) is 3.35. The van der Waals surface area contributed by atoms with E-state index in [2.05, 4.69) is 14.7 Å². The first-order valence-electron chi connectivity index (χ1n) is 9.25. The first-order valence-corrected chi connectivity index (χ1v) is 9.25. The molecule has 0 radical (unpaired) electrons. The highest BCUT2D eigenvalue weighted by atomic mass is 19.4. The molecule has 2 aromatic carbocycles. The summed E-state index contributed by atoms with van der Waals surface area (Å²) >= 11 is 0. The van der Waals surface area contributed by atoms with Gasteiger partial charge in [0.15, 0.2) is 0 Å². The zero-order valence-corrected chi connectivity index (χ0v) is 16.0. The molecule has 0 spiro atoms. The number of alkyl halides is 3. The normalized spacial score (nSPS) is 15.1. The zero-order chi connectivity index (χ0) is 21.4. The van der Waals surface area contributed by atoms with Gasteiger partial charge in [-0.2, -0.15) is 18.2 Å². The van der Waals surface area contributed by atoms with Gasteiger partial charge in [-0.05, 0) is 24.0 Å². The maximum Gasteiger partial charge on any atom is 0.471 e. The predicted octanol–water partition coefficient (Wildman–Crippen LogP) is 4.38. The van der Waals surface area contributed by atoms with E-state index in [1.165, 1.54) is 12.2 Å². The minimum absolute atomic E-state index is 0.117. The summed E-state index contributed by atoms with van der Waals surface area (Å²) in [5.41, 5.74) is 1.52. The third kappa shape index (κ3) is 3.80. The second-order valence-corrected chi connectivity index (χ2v) is 7.09. The molecule has 0 aliphatic heterocycles. The lowest BCUT2D eigenvalue weighted by Gasteiger charge is -2.25. The molecule has 1 fully saturated rings. The summed E-state index contributed by atoms with van der Waals surface area (Å²) in [7, 11) is 1.44. The molecule has 1 heterocycles. The maximum absolute atomic E-state index is 13.1. The minimum Gasteiger partial charge on any atom is -0.329 e. The van der Waals surface area contributed by atoms with Crippen LogP contribution in [0.15, 0.2) is 59.1 Å². The molecule has 9 heteroatoms. The number of hydrogen-bond donors (Lipinski definition) is 0. The van der Waals surface area contributed by atoms with Crippen LogP contribution in [0.25, 0.3) is 11.4 Å². The lowest BCUT2D eigenvalue weighted by molar-refractivity contribution is -0.182. The van der Waals surface area contributed by atoms with E-state index >= 15 is 0 Å². The number of nitrogens with zero attached hydrogens (tertiary/aromatic N) is 3. The lowest BCUT2D eigenvalue weighted by atomic mass is 9.95. The summed E-state index contributed by atoms with van der Waals surface area (Å²) in [5, 5.41) is 4.68. The Labute approximate surface area is 170 Å². The fraction of sp³-hybridized carbons (Fsp3) is 0.286. The van der Waals surface area contributed by atoms with Crippen LogP contribution in [0.5, 0.6) is 0 Å². The Kier molecular flexibility index (Phi) is 5.07. The van der Waals surface area contributed by atoms with E-state index in [4.69, 9.17) is 4.84 Å². The van der Waals surface area contributed by atoms with Gasteiger partial charge in [-0.25, -0.2) is 5.06 Å². The molecule has 156 valence electrons. The Morgan fingerprint density at radius 1 is 1.13 bits per heavy atom. The largest absolute Gasteiger partial charge is 0.471 e. The molecule has 0 bridgehead atoms. The van der Waals surface area contributed by atoms with E-state index in [0.717, 1.165) is 24.0 Å². The number of benzene rings is 2. The smallest absolute Gasteiger partial charge is 0.329 e. The monoisotopic (exact) mass is 417 g/mol. The molecule has 4 rings (SSSR count). The van der Waals surface area contributed by atoms with Gasteiger partial charge in [0.25, 0.3) is 5.91 Å². The van der Waals surface area contributed by atoms with Crippen molar-refractivity contribution in [1.29, 1.82) is 0 Å². The molecule has 1 aromatic heterocycles. The van der Waals surface area contributed by atoms with E-state index in [-0.39, 0.29) is 18.3 Å². The molecule has 3 aromatic rings. The van der Waals surface area contributed by atoms with E-state index in [1.54, 1.807) is 24.3 Å². The van der Waals surface area contributed by atoms with Crippen LogP contribution in [0.1, 0.15) is 29.9 Å². The van der Waals surface area contributed by atoms with Gasteiger partial charge in [0.2, 0.25) is 5.82 Å². The standard InChI is InChI=1S/C21H18F3N3O3/c1-29-27(19(28)20(11-12-20)16-5-3-2-4-6-16)13-14-7-9-15(10-8-14)17-25-18(30-26-17)21(22,23)24/h2-10H,11-13H2,1H3. The molecule has 30 heavy (non-hydrogen) atoms. The number of aromatic nitrogens is 2. The van der Waals surface area contributed by atoms with Crippen molar-refractivity contribution in [2.24, 2.45) is 0 Å². The molecular formula is C21H18F3N3O3. The van der Waals surface area contributed by atoms with Crippen molar-refractivity contribution >= 4 is 5.91 Å². The third-order valence-corrected chi connectivity index (χ3v) is 5.14. The second-order valence-electron chi connectivity index (χ2n) is 7.09. The van der Waals surface area contributed by atoms with Crippen molar-refractivity contribution in [2.45, 2.75) is 31.0 Å². The highest BCUT2D eigenvalue weighted by molar-refractivity contribution is 5.90. The summed E-state index contributed by atoms with van der Waals surface area (Å²) in [6.45, 7) is 0.199. The van der Waals surface area contributed by atoms with Crippen LogP contribution in [0.3, 0.4) is 0 Å². The van der Waals surface area contributed by atoms with Gasteiger partial charge >= 0.3 is 12.1 Å². The minimum atomic E-state index is -4.69. The molecule has 0 unspecified atom stereocenters. The Hall–Kier alpha value is -3.20. The van der Waals surface area contributed by atoms with Gasteiger partial charge in [-0.15, -0.1) is 0 Å². The van der Waals surface area contributed by atoms with Crippen LogP contribution < -0.4 is 0 Å². The van der Waals surface area contributed by atoms with Gasteiger partial charge in [-0.3, -0.25) is 9.63 Å². The average molecular weight is 417 g/mol. The number of carbonyl (C=O) groups excluding carboxylic acids is 1. The molecule has 1 amide bonds. The molecule has 0 atom stereocenters. The van der Waals surface area contributed by atoms with E-state index in [9.17, 15) is 18.0 Å². The molecule has 0 saturated heterocycles. The van der Waals surface area contributed by atoms with Gasteiger partial charge in [0.05, 0.1) is 19.1 Å². The van der Waals surface area contributed by atoms with Crippen molar-refractivity contribution in [3.8, 4) is 11.4 Å². The summed E-state index contributed by atoms with van der Waals surface area (Å²) in [5.74, 6) is -1.67. The van der Waals surface area contributed by atoms with Crippen molar-refractivity contribution in [3.05, 3.63) is 71.6 Å². The van der Waals surface area contributed by atoms with Gasteiger partial charge in [-0.1, -0.05) is 59.8 Å². The van der Waals surface area contributed by atoms with Crippen molar-refractivity contribution in [2.75, 3.05) is 7.11 Å². The van der Waals surface area contributed by atoms with Crippen LogP contribution >= 0.6 is 0 Å². The maximum atomic E-state index is 13.1. The predicted molar refractivity (Wildman–Crippen MR) is 99.6 cm³/mol. The van der Waals surface area contributed by atoms with E-state index in [0.29, 0.717) is 5.56 Å². The number of hydrogen-bond acceptors (Lipinski definition) is 5. The number of carbonyl (C=O) groups is 1. The molecule has 0 N–H and O–H groups in total.